The zero-order valence-corrected chi connectivity index (χ0v) is 22.5. The van der Waals surface area contributed by atoms with Crippen LogP contribution in [0.25, 0.3) is 16.3 Å². The van der Waals surface area contributed by atoms with Gasteiger partial charge in [0.2, 0.25) is 0 Å². The van der Waals surface area contributed by atoms with Gasteiger partial charge in [-0.15, -0.1) is 0 Å². The van der Waals surface area contributed by atoms with Crippen molar-refractivity contribution in [2.45, 2.75) is 76.3 Å². The van der Waals surface area contributed by atoms with Crippen molar-refractivity contribution in [1.29, 1.82) is 0 Å². The number of rotatable bonds is 3. The van der Waals surface area contributed by atoms with Crippen LogP contribution in [0.3, 0.4) is 0 Å². The van der Waals surface area contributed by atoms with Crippen molar-refractivity contribution < 1.29 is 0 Å². The van der Waals surface area contributed by atoms with Gasteiger partial charge >= 0.3 is 0 Å². The first-order valence-electron chi connectivity index (χ1n) is 15.1. The summed E-state index contributed by atoms with van der Waals surface area (Å²) in [7, 11) is 0. The molecule has 38 heavy (non-hydrogen) atoms. The monoisotopic (exact) mass is 504 g/mol. The molecule has 3 aliphatic heterocycles. The van der Waals surface area contributed by atoms with Gasteiger partial charge in [-0.05, 0) is 92.8 Å². The Morgan fingerprint density at radius 1 is 0.895 bits per heavy atom. The molecule has 1 saturated carbocycles. The Labute approximate surface area is 227 Å². The van der Waals surface area contributed by atoms with Gasteiger partial charge in [-0.3, -0.25) is 9.98 Å². The van der Waals surface area contributed by atoms with E-state index in [2.05, 4.69) is 64.9 Å². The van der Waals surface area contributed by atoms with E-state index in [1.807, 2.05) is 12.4 Å². The van der Waals surface area contributed by atoms with Gasteiger partial charge in [0.25, 0.3) is 0 Å². The molecule has 1 N–H and O–H groups in total. The SMILES string of the molecule is C1=CN=C(C2NCCC3CCCC=C32)C(N2CCCC3CCCCC32)=C(c2nccc3ccccc23)C=C1. The molecular formula is C34H40N4. The van der Waals surface area contributed by atoms with E-state index in [9.17, 15) is 0 Å². The third kappa shape index (κ3) is 4.37. The van der Waals surface area contributed by atoms with Crippen LogP contribution in [0.5, 0.6) is 0 Å². The molecule has 2 aromatic rings. The molecule has 1 aromatic carbocycles. The van der Waals surface area contributed by atoms with E-state index in [0.29, 0.717) is 12.0 Å². The normalized spacial score (nSPS) is 29.7. The van der Waals surface area contributed by atoms with Gasteiger partial charge in [0.1, 0.15) is 0 Å². The van der Waals surface area contributed by atoms with Crippen LogP contribution < -0.4 is 5.32 Å². The van der Waals surface area contributed by atoms with Crippen LogP contribution in [0.2, 0.25) is 0 Å². The fourth-order valence-electron chi connectivity index (χ4n) is 7.95. The number of nitrogens with zero attached hydrogens (tertiary/aromatic N) is 3. The summed E-state index contributed by atoms with van der Waals surface area (Å²) in [5, 5.41) is 6.41. The first kappa shape index (κ1) is 24.1. The maximum Gasteiger partial charge on any atom is 0.0855 e. The highest BCUT2D eigenvalue weighted by Gasteiger charge is 2.40. The lowest BCUT2D eigenvalue weighted by Gasteiger charge is -2.48. The molecule has 0 radical (unpaired) electrons. The van der Waals surface area contributed by atoms with Gasteiger partial charge in [0.05, 0.1) is 23.1 Å². The topological polar surface area (TPSA) is 40.5 Å². The highest BCUT2D eigenvalue weighted by Crippen LogP contribution is 2.42. The standard InChI is InChI=1S/C34H40N4/c1-4-14-27-24(10-1)18-21-36-31(27)29-16-7-8-20-35-33(32-28-15-5-2-11-25(28)19-22-37-32)34(29)38-23-9-13-26-12-3-6-17-30(26)38/h1,4,7-8,10,14-16,18,20-21,25-26,30,32,37H,2-3,5-6,9,11-13,17,19,22-23H2. The predicted octanol–water partition coefficient (Wildman–Crippen LogP) is 7.21. The Hall–Kier alpha value is -2.98. The molecule has 7 rings (SSSR count). The molecule has 3 fully saturated rings. The Kier molecular flexibility index (Phi) is 6.75. The molecule has 0 amide bonds. The lowest BCUT2D eigenvalue weighted by atomic mass is 9.75. The summed E-state index contributed by atoms with van der Waals surface area (Å²) in [6, 6.07) is 11.6. The van der Waals surface area contributed by atoms with Gasteiger partial charge < -0.3 is 10.2 Å². The number of aliphatic imine (C=N–C) groups is 1. The van der Waals surface area contributed by atoms with Crippen LogP contribution in [-0.4, -0.2) is 40.8 Å². The second-order valence-electron chi connectivity index (χ2n) is 11.8. The van der Waals surface area contributed by atoms with Crippen LogP contribution in [-0.2, 0) is 0 Å². The quantitative estimate of drug-likeness (QED) is 0.449. The Morgan fingerprint density at radius 2 is 1.82 bits per heavy atom. The third-order valence-electron chi connectivity index (χ3n) is 9.69. The fourth-order valence-corrected chi connectivity index (χ4v) is 7.95. The zero-order chi connectivity index (χ0) is 25.3. The van der Waals surface area contributed by atoms with Gasteiger partial charge in [0, 0.05) is 35.9 Å². The number of aromatic nitrogens is 1. The first-order valence-corrected chi connectivity index (χ1v) is 15.1. The smallest absolute Gasteiger partial charge is 0.0855 e. The van der Waals surface area contributed by atoms with Crippen LogP contribution in [0.1, 0.15) is 69.9 Å². The molecule has 1 aromatic heterocycles. The summed E-state index contributed by atoms with van der Waals surface area (Å²) in [5.41, 5.74) is 6.44. The highest BCUT2D eigenvalue weighted by molar-refractivity contribution is 6.13. The Bertz CT molecular complexity index is 1340. The minimum absolute atomic E-state index is 0.175. The molecule has 4 atom stereocenters. The largest absolute Gasteiger partial charge is 0.366 e. The minimum atomic E-state index is 0.175. The van der Waals surface area contributed by atoms with Gasteiger partial charge in [-0.2, -0.15) is 0 Å². The van der Waals surface area contributed by atoms with Gasteiger partial charge in [0.15, 0.2) is 0 Å². The molecular weight excluding hydrogens is 464 g/mol. The number of hydrogen-bond donors (Lipinski definition) is 1. The lowest BCUT2D eigenvalue weighted by Crippen LogP contribution is -2.53. The number of piperidine rings is 2. The molecule has 4 unspecified atom stereocenters. The molecule has 2 saturated heterocycles. The Balaban J connectivity index is 1.46. The van der Waals surface area contributed by atoms with Crippen LogP contribution >= 0.6 is 0 Å². The molecule has 0 bridgehead atoms. The number of nitrogens with one attached hydrogen (secondary N) is 1. The molecule has 5 aliphatic rings. The molecule has 196 valence electrons. The molecule has 4 heterocycles. The van der Waals surface area contributed by atoms with E-state index >= 15 is 0 Å². The second-order valence-corrected chi connectivity index (χ2v) is 11.8. The second kappa shape index (κ2) is 10.6. The van der Waals surface area contributed by atoms with E-state index in [0.717, 1.165) is 24.7 Å². The van der Waals surface area contributed by atoms with Crippen molar-refractivity contribution in [2.24, 2.45) is 16.8 Å². The van der Waals surface area contributed by atoms with Crippen molar-refractivity contribution in [2.75, 3.05) is 13.1 Å². The summed E-state index contributed by atoms with van der Waals surface area (Å²) >= 11 is 0. The molecule has 4 heteroatoms. The summed E-state index contributed by atoms with van der Waals surface area (Å²) in [4.78, 5) is 13.2. The maximum absolute atomic E-state index is 5.30. The first-order chi connectivity index (χ1) is 18.9. The van der Waals surface area contributed by atoms with Gasteiger partial charge in [-0.1, -0.05) is 55.3 Å². The predicted molar refractivity (Wildman–Crippen MR) is 158 cm³/mol. The number of hydrogen-bond acceptors (Lipinski definition) is 4. The average molecular weight is 505 g/mol. The van der Waals surface area contributed by atoms with E-state index in [1.165, 1.54) is 92.0 Å². The van der Waals surface area contributed by atoms with Crippen LogP contribution in [0, 0.1) is 11.8 Å². The summed E-state index contributed by atoms with van der Waals surface area (Å²) in [6.45, 7) is 2.17. The van der Waals surface area contributed by atoms with Crippen molar-refractivity contribution in [3.05, 3.63) is 84.0 Å². The van der Waals surface area contributed by atoms with Crippen LogP contribution in [0.4, 0.5) is 0 Å². The van der Waals surface area contributed by atoms with Crippen LogP contribution in [0.15, 0.2) is 83.3 Å². The zero-order valence-electron chi connectivity index (χ0n) is 22.5. The van der Waals surface area contributed by atoms with Crippen molar-refractivity contribution >= 4 is 22.1 Å². The van der Waals surface area contributed by atoms with Crippen molar-refractivity contribution in [3.63, 3.8) is 0 Å². The summed E-state index contributed by atoms with van der Waals surface area (Å²) in [6.07, 6.45) is 26.2. The third-order valence-corrected chi connectivity index (χ3v) is 9.69. The van der Waals surface area contributed by atoms with Gasteiger partial charge in [-0.25, -0.2) is 0 Å². The number of likely N-dealkylation sites (tertiary alicyclic amines) is 1. The number of fused-ring (bicyclic) bond motifs is 3. The van der Waals surface area contributed by atoms with E-state index < -0.39 is 0 Å². The minimum Gasteiger partial charge on any atom is -0.366 e. The van der Waals surface area contributed by atoms with Crippen molar-refractivity contribution in [3.8, 4) is 0 Å². The molecule has 2 aliphatic carbocycles. The van der Waals surface area contributed by atoms with E-state index in [1.54, 1.807) is 5.57 Å². The maximum atomic E-state index is 5.30. The fraction of sp³-hybridized carbons (Fsp3) is 0.471. The Morgan fingerprint density at radius 3 is 2.82 bits per heavy atom. The van der Waals surface area contributed by atoms with E-state index in [-0.39, 0.29) is 6.04 Å². The van der Waals surface area contributed by atoms with Crippen molar-refractivity contribution in [1.82, 2.24) is 15.2 Å². The molecule has 0 spiro atoms. The number of benzene rings is 1. The highest BCUT2D eigenvalue weighted by atomic mass is 15.2. The number of allylic oxidation sites excluding steroid dienone is 5. The average Bonchev–Trinajstić information content (AvgIpc) is 2.97. The van der Waals surface area contributed by atoms with E-state index in [4.69, 9.17) is 9.98 Å². The molecule has 4 nitrogen and oxygen atoms in total. The summed E-state index contributed by atoms with van der Waals surface area (Å²) in [5.74, 6) is 1.48. The summed E-state index contributed by atoms with van der Waals surface area (Å²) < 4.78 is 0. The lowest BCUT2D eigenvalue weighted by molar-refractivity contribution is 0.0959. The number of pyridine rings is 1.